The van der Waals surface area contributed by atoms with Crippen molar-refractivity contribution >= 4 is 15.9 Å². The zero-order valence-corrected chi connectivity index (χ0v) is 11.6. The van der Waals surface area contributed by atoms with Crippen molar-refractivity contribution in [3.05, 3.63) is 29.8 Å². The Balaban J connectivity index is 2.16. The molecule has 0 fully saturated rings. The highest BCUT2D eigenvalue weighted by Gasteiger charge is 1.96. The summed E-state index contributed by atoms with van der Waals surface area (Å²) in [5.41, 5.74) is 1.39. The third-order valence-corrected chi connectivity index (χ3v) is 3.29. The number of hydrogen-bond acceptors (Lipinski definition) is 1. The first-order valence-corrected chi connectivity index (χ1v) is 7.18. The minimum Gasteiger partial charge on any atom is -0.497 e. The van der Waals surface area contributed by atoms with Crippen LogP contribution in [0.4, 0.5) is 0 Å². The summed E-state index contributed by atoms with van der Waals surface area (Å²) in [6.45, 7) is 0. The summed E-state index contributed by atoms with van der Waals surface area (Å²) in [7, 11) is 1.72. The van der Waals surface area contributed by atoms with E-state index in [4.69, 9.17) is 4.74 Å². The van der Waals surface area contributed by atoms with Crippen molar-refractivity contribution in [3.8, 4) is 5.75 Å². The number of hydrogen-bond donors (Lipinski definition) is 0. The number of benzene rings is 1. The van der Waals surface area contributed by atoms with Crippen LogP contribution in [0.1, 0.15) is 37.7 Å². The van der Waals surface area contributed by atoms with Crippen LogP contribution in [-0.4, -0.2) is 12.4 Å². The number of methoxy groups -OCH3 is 1. The lowest BCUT2D eigenvalue weighted by Gasteiger charge is -2.04. The van der Waals surface area contributed by atoms with E-state index in [2.05, 4.69) is 34.1 Å². The molecule has 0 saturated heterocycles. The van der Waals surface area contributed by atoms with E-state index in [1.807, 2.05) is 6.07 Å². The molecular formula is C14H21BrO. The average molecular weight is 285 g/mol. The predicted molar refractivity (Wildman–Crippen MR) is 73.6 cm³/mol. The van der Waals surface area contributed by atoms with Crippen LogP contribution in [0.25, 0.3) is 0 Å². The maximum atomic E-state index is 5.21. The van der Waals surface area contributed by atoms with Gasteiger partial charge < -0.3 is 4.74 Å². The molecule has 16 heavy (non-hydrogen) atoms. The monoisotopic (exact) mass is 284 g/mol. The largest absolute Gasteiger partial charge is 0.497 e. The predicted octanol–water partition coefficient (Wildman–Crippen LogP) is 4.58. The van der Waals surface area contributed by atoms with Gasteiger partial charge in [-0.15, -0.1) is 0 Å². The second-order valence-electron chi connectivity index (χ2n) is 4.06. The average Bonchev–Trinajstić information content (AvgIpc) is 2.34. The van der Waals surface area contributed by atoms with Crippen molar-refractivity contribution in [2.45, 2.75) is 38.5 Å². The van der Waals surface area contributed by atoms with Gasteiger partial charge in [0, 0.05) is 5.33 Å². The molecule has 1 nitrogen and oxygen atoms in total. The molecule has 0 aliphatic carbocycles. The molecule has 0 saturated carbocycles. The SMILES string of the molecule is COc1cccc(CCCCCCCBr)c1. The molecule has 0 N–H and O–H groups in total. The summed E-state index contributed by atoms with van der Waals surface area (Å²) in [6, 6.07) is 8.39. The molecule has 0 aliphatic rings. The highest BCUT2D eigenvalue weighted by molar-refractivity contribution is 9.09. The topological polar surface area (TPSA) is 9.23 Å². The van der Waals surface area contributed by atoms with Crippen molar-refractivity contribution in [2.75, 3.05) is 12.4 Å². The molecule has 0 radical (unpaired) electrons. The molecule has 0 bridgehead atoms. The Labute approximate surface area is 107 Å². The molecular weight excluding hydrogens is 264 g/mol. The smallest absolute Gasteiger partial charge is 0.119 e. The zero-order valence-electron chi connectivity index (χ0n) is 10.0. The fourth-order valence-electron chi connectivity index (χ4n) is 1.78. The quantitative estimate of drug-likeness (QED) is 0.501. The van der Waals surface area contributed by atoms with E-state index < -0.39 is 0 Å². The second kappa shape index (κ2) is 8.63. The maximum Gasteiger partial charge on any atom is 0.119 e. The van der Waals surface area contributed by atoms with Crippen LogP contribution in [0.3, 0.4) is 0 Å². The van der Waals surface area contributed by atoms with Gasteiger partial charge in [-0.3, -0.25) is 0 Å². The fourth-order valence-corrected chi connectivity index (χ4v) is 2.18. The van der Waals surface area contributed by atoms with Gasteiger partial charge in [-0.05, 0) is 37.0 Å². The Bertz CT molecular complexity index is 286. The molecule has 90 valence electrons. The molecule has 0 spiro atoms. The molecule has 0 amide bonds. The molecule has 1 rings (SSSR count). The second-order valence-corrected chi connectivity index (χ2v) is 4.85. The number of alkyl halides is 1. The fraction of sp³-hybridized carbons (Fsp3) is 0.571. The molecule has 0 atom stereocenters. The number of aryl methyl sites for hydroxylation is 1. The van der Waals surface area contributed by atoms with Gasteiger partial charge in [0.25, 0.3) is 0 Å². The van der Waals surface area contributed by atoms with E-state index in [9.17, 15) is 0 Å². The Morgan fingerprint density at radius 2 is 1.81 bits per heavy atom. The third kappa shape index (κ3) is 5.55. The number of ether oxygens (including phenoxy) is 1. The van der Waals surface area contributed by atoms with E-state index in [1.165, 1.54) is 44.1 Å². The normalized spacial score (nSPS) is 10.4. The van der Waals surface area contributed by atoms with E-state index in [1.54, 1.807) is 7.11 Å². The van der Waals surface area contributed by atoms with Gasteiger partial charge in [-0.25, -0.2) is 0 Å². The van der Waals surface area contributed by atoms with Crippen LogP contribution in [0.2, 0.25) is 0 Å². The zero-order chi connectivity index (χ0) is 11.6. The van der Waals surface area contributed by atoms with Gasteiger partial charge in [-0.2, -0.15) is 0 Å². The lowest BCUT2D eigenvalue weighted by molar-refractivity contribution is 0.414. The van der Waals surface area contributed by atoms with Crippen LogP contribution in [0.15, 0.2) is 24.3 Å². The first kappa shape index (κ1) is 13.6. The number of halogens is 1. The van der Waals surface area contributed by atoms with Crippen molar-refractivity contribution in [3.63, 3.8) is 0 Å². The van der Waals surface area contributed by atoms with Gasteiger partial charge in [0.1, 0.15) is 5.75 Å². The lowest BCUT2D eigenvalue weighted by atomic mass is 10.1. The number of rotatable bonds is 8. The molecule has 0 aliphatic heterocycles. The lowest BCUT2D eigenvalue weighted by Crippen LogP contribution is -1.88. The van der Waals surface area contributed by atoms with Crippen LogP contribution < -0.4 is 4.74 Å². The van der Waals surface area contributed by atoms with Gasteiger partial charge in [0.2, 0.25) is 0 Å². The summed E-state index contributed by atoms with van der Waals surface area (Å²) in [6.07, 6.45) is 7.81. The Hall–Kier alpha value is -0.500. The molecule has 2 heteroatoms. The highest BCUT2D eigenvalue weighted by atomic mass is 79.9. The highest BCUT2D eigenvalue weighted by Crippen LogP contribution is 2.15. The summed E-state index contributed by atoms with van der Waals surface area (Å²) >= 11 is 3.46. The van der Waals surface area contributed by atoms with Gasteiger partial charge >= 0.3 is 0 Å². The van der Waals surface area contributed by atoms with Gasteiger partial charge in [-0.1, -0.05) is 47.3 Å². The Kier molecular flexibility index (Phi) is 7.32. The molecule has 1 aromatic rings. The molecule has 0 aromatic heterocycles. The van der Waals surface area contributed by atoms with Gasteiger partial charge in [0.15, 0.2) is 0 Å². The van der Waals surface area contributed by atoms with E-state index in [0.717, 1.165) is 11.1 Å². The van der Waals surface area contributed by atoms with Crippen LogP contribution in [0.5, 0.6) is 5.75 Å². The summed E-state index contributed by atoms with van der Waals surface area (Å²) < 4.78 is 5.21. The summed E-state index contributed by atoms with van der Waals surface area (Å²) in [5, 5.41) is 1.14. The van der Waals surface area contributed by atoms with Crippen molar-refractivity contribution in [2.24, 2.45) is 0 Å². The van der Waals surface area contributed by atoms with E-state index in [0.29, 0.717) is 0 Å². The van der Waals surface area contributed by atoms with Crippen LogP contribution in [0, 0.1) is 0 Å². The van der Waals surface area contributed by atoms with Crippen LogP contribution in [-0.2, 0) is 6.42 Å². The molecule has 0 heterocycles. The summed E-state index contributed by atoms with van der Waals surface area (Å²) in [4.78, 5) is 0. The first-order chi connectivity index (χ1) is 7.86. The van der Waals surface area contributed by atoms with E-state index in [-0.39, 0.29) is 0 Å². The van der Waals surface area contributed by atoms with E-state index >= 15 is 0 Å². The minimum absolute atomic E-state index is 0.969. The number of unbranched alkanes of at least 4 members (excludes halogenated alkanes) is 4. The van der Waals surface area contributed by atoms with Gasteiger partial charge in [0.05, 0.1) is 7.11 Å². The minimum atomic E-state index is 0.969. The first-order valence-electron chi connectivity index (χ1n) is 6.05. The summed E-state index contributed by atoms with van der Waals surface area (Å²) in [5.74, 6) is 0.969. The molecule has 0 unspecified atom stereocenters. The standard InChI is InChI=1S/C14H21BrO/c1-16-14-10-7-9-13(12-14)8-5-3-2-4-6-11-15/h7,9-10,12H,2-6,8,11H2,1H3. The maximum absolute atomic E-state index is 5.21. The van der Waals surface area contributed by atoms with Crippen molar-refractivity contribution < 1.29 is 4.74 Å². The third-order valence-electron chi connectivity index (χ3n) is 2.73. The molecule has 1 aromatic carbocycles. The van der Waals surface area contributed by atoms with Crippen molar-refractivity contribution in [1.29, 1.82) is 0 Å². The van der Waals surface area contributed by atoms with Crippen molar-refractivity contribution in [1.82, 2.24) is 0 Å². The Morgan fingerprint density at radius 1 is 1.06 bits per heavy atom. The van der Waals surface area contributed by atoms with Crippen LogP contribution >= 0.6 is 15.9 Å². The Morgan fingerprint density at radius 3 is 2.56 bits per heavy atom.